The maximum Gasteiger partial charge on any atom is 0.164 e. The zero-order valence-corrected chi connectivity index (χ0v) is 43.4. The van der Waals surface area contributed by atoms with Gasteiger partial charge < -0.3 is 4.57 Å². The molecule has 0 atom stereocenters. The van der Waals surface area contributed by atoms with E-state index in [1.54, 1.807) is 0 Å². The van der Waals surface area contributed by atoms with Crippen LogP contribution in [-0.4, -0.2) is 19.5 Å². The summed E-state index contributed by atoms with van der Waals surface area (Å²) >= 11 is 0. The van der Waals surface area contributed by atoms with E-state index in [4.69, 9.17) is 15.0 Å². The Morgan fingerprint density at radius 3 is 0.960 bits per heavy atom. The molecule has 0 saturated carbocycles. The number of nitrogens with zero attached hydrogens (tertiary/aromatic N) is 4. The highest BCUT2D eigenvalue weighted by molar-refractivity contribution is 6.11. The van der Waals surface area contributed by atoms with Gasteiger partial charge in [0.15, 0.2) is 17.5 Å². The quantitative estimate of drug-likeness (QED) is 0.145. The molecule has 2 aromatic heterocycles. The molecule has 0 unspecified atom stereocenters. The van der Waals surface area contributed by atoms with Crippen LogP contribution in [0.2, 0.25) is 0 Å². The van der Waals surface area contributed by atoms with E-state index < -0.39 is 0 Å². The van der Waals surface area contributed by atoms with Crippen LogP contribution in [-0.2, 0) is 10.8 Å². The largest absolute Gasteiger partial charge is 0.308 e. The molecule has 75 heavy (non-hydrogen) atoms. The Morgan fingerprint density at radius 2 is 0.573 bits per heavy atom. The number of hydrogen-bond donors (Lipinski definition) is 0. The minimum absolute atomic E-state index is 0.0333. The maximum absolute atomic E-state index is 5.53. The number of rotatable bonds is 9. The number of fused-ring (bicyclic) bond motifs is 3. The maximum atomic E-state index is 5.53. The molecule has 0 N–H and O–H groups in total. The molecule has 0 saturated heterocycles. The molecule has 4 heteroatoms. The normalized spacial score (nSPS) is 11.9. The molecule has 4 nitrogen and oxygen atoms in total. The van der Waals surface area contributed by atoms with Gasteiger partial charge in [0, 0.05) is 38.6 Å². The molecular formula is C71H58N4. The molecule has 0 aliphatic rings. The summed E-state index contributed by atoms with van der Waals surface area (Å²) < 4.78 is 2.51. The molecule has 0 fully saturated rings. The summed E-state index contributed by atoms with van der Waals surface area (Å²) in [5, 5.41) is 2.48. The molecular weight excluding hydrogens is 909 g/mol. The zero-order valence-electron chi connectivity index (χ0n) is 43.4. The second-order valence-corrected chi connectivity index (χ2v) is 21.7. The first-order valence-corrected chi connectivity index (χ1v) is 26.0. The molecule has 12 rings (SSSR count). The van der Waals surface area contributed by atoms with Crippen molar-refractivity contribution in [3.63, 3.8) is 0 Å². The summed E-state index contributed by atoms with van der Waals surface area (Å²) in [6.45, 7) is 13.8. The van der Waals surface area contributed by atoms with Crippen LogP contribution in [0, 0.1) is 0 Å². The molecule has 10 aromatic carbocycles. The van der Waals surface area contributed by atoms with Gasteiger partial charge in [-0.05, 0) is 121 Å². The van der Waals surface area contributed by atoms with Gasteiger partial charge in [-0.2, -0.15) is 0 Å². The fourth-order valence-corrected chi connectivity index (χ4v) is 10.4. The molecule has 0 radical (unpaired) electrons. The van der Waals surface area contributed by atoms with E-state index in [1.807, 2.05) is 0 Å². The summed E-state index contributed by atoms with van der Waals surface area (Å²) in [4.78, 5) is 16.4. The van der Waals surface area contributed by atoms with Crippen molar-refractivity contribution in [3.8, 4) is 95.5 Å². The lowest BCUT2D eigenvalue weighted by Crippen LogP contribution is -2.10. The highest BCUT2D eigenvalue weighted by atomic mass is 15.0. The number of aromatic nitrogens is 4. The number of benzene rings is 10. The molecule has 12 aromatic rings. The van der Waals surface area contributed by atoms with Gasteiger partial charge in [0.2, 0.25) is 0 Å². The van der Waals surface area contributed by atoms with E-state index in [2.05, 4.69) is 289 Å². The average Bonchev–Trinajstić information content (AvgIpc) is 3.79. The van der Waals surface area contributed by atoms with Gasteiger partial charge in [0.25, 0.3) is 0 Å². The van der Waals surface area contributed by atoms with Crippen molar-refractivity contribution in [2.24, 2.45) is 0 Å². The van der Waals surface area contributed by atoms with Crippen LogP contribution in [0.5, 0.6) is 0 Å². The molecule has 0 aliphatic heterocycles. The van der Waals surface area contributed by atoms with E-state index in [0.29, 0.717) is 17.5 Å². The van der Waals surface area contributed by atoms with Crippen molar-refractivity contribution < 1.29 is 0 Å². The van der Waals surface area contributed by atoms with Gasteiger partial charge in [-0.15, -0.1) is 0 Å². The van der Waals surface area contributed by atoms with Gasteiger partial charge in [-0.25, -0.2) is 15.0 Å². The Balaban J connectivity index is 1.15. The molecule has 362 valence electrons. The molecule has 2 heterocycles. The highest BCUT2D eigenvalue weighted by Crippen LogP contribution is 2.45. The SMILES string of the molecule is CC(C)(C)c1ccc2c(c1)c1cc(C(C)(C)C)ccc1n2-c1c(-c2ccccc2)cc(-c2nc(-c3ccc(-c4ccccc4)cc3)nc(-c3cc(-c4ccccc4)cc(-c4ccccc4)c3)n2)cc1-c1ccccc1. The average molecular weight is 967 g/mol. The van der Waals surface area contributed by atoms with Crippen LogP contribution in [0.1, 0.15) is 52.7 Å². The lowest BCUT2D eigenvalue weighted by molar-refractivity contribution is 0.590. The summed E-state index contributed by atoms with van der Waals surface area (Å²) in [6.07, 6.45) is 0. The Hall–Kier alpha value is -8.99. The van der Waals surface area contributed by atoms with E-state index >= 15 is 0 Å². The third-order valence-corrected chi connectivity index (χ3v) is 14.5. The Bertz CT molecular complexity index is 3830. The lowest BCUT2D eigenvalue weighted by Gasteiger charge is -2.22. The van der Waals surface area contributed by atoms with Crippen molar-refractivity contribution in [1.29, 1.82) is 0 Å². The monoisotopic (exact) mass is 966 g/mol. The van der Waals surface area contributed by atoms with Crippen molar-refractivity contribution in [1.82, 2.24) is 19.5 Å². The summed E-state index contributed by atoms with van der Waals surface area (Å²) in [5.74, 6) is 1.77. The first kappa shape index (κ1) is 47.0. The third-order valence-electron chi connectivity index (χ3n) is 14.5. The van der Waals surface area contributed by atoms with Gasteiger partial charge in [-0.3, -0.25) is 0 Å². The molecule has 0 bridgehead atoms. The second-order valence-electron chi connectivity index (χ2n) is 21.7. The minimum atomic E-state index is -0.0333. The van der Waals surface area contributed by atoms with Crippen LogP contribution in [0.15, 0.2) is 243 Å². The van der Waals surface area contributed by atoms with Gasteiger partial charge >= 0.3 is 0 Å². The van der Waals surface area contributed by atoms with Gasteiger partial charge in [-0.1, -0.05) is 230 Å². The Morgan fingerprint density at radius 1 is 0.267 bits per heavy atom. The van der Waals surface area contributed by atoms with Crippen LogP contribution in [0.25, 0.3) is 117 Å². The van der Waals surface area contributed by atoms with E-state index in [0.717, 1.165) is 89.0 Å². The summed E-state index contributed by atoms with van der Waals surface area (Å²) in [5.41, 5.74) is 19.6. The summed E-state index contributed by atoms with van der Waals surface area (Å²) in [6, 6.07) is 87.3. The fourth-order valence-electron chi connectivity index (χ4n) is 10.4. The van der Waals surface area contributed by atoms with Crippen molar-refractivity contribution in [3.05, 3.63) is 254 Å². The predicted octanol–water partition coefficient (Wildman–Crippen LogP) is 18.9. The zero-order chi connectivity index (χ0) is 51.3. The van der Waals surface area contributed by atoms with Crippen LogP contribution in [0.3, 0.4) is 0 Å². The Kier molecular flexibility index (Phi) is 12.0. The first-order chi connectivity index (χ1) is 36.4. The van der Waals surface area contributed by atoms with Gasteiger partial charge in [0.05, 0.1) is 16.7 Å². The van der Waals surface area contributed by atoms with Crippen LogP contribution >= 0.6 is 0 Å². The van der Waals surface area contributed by atoms with E-state index in [1.165, 1.54) is 21.9 Å². The minimum Gasteiger partial charge on any atom is -0.308 e. The second kappa shape index (κ2) is 19.1. The lowest BCUT2D eigenvalue weighted by atomic mass is 9.85. The predicted molar refractivity (Wildman–Crippen MR) is 315 cm³/mol. The third kappa shape index (κ3) is 9.25. The number of hydrogen-bond acceptors (Lipinski definition) is 3. The van der Waals surface area contributed by atoms with Crippen LogP contribution < -0.4 is 0 Å². The van der Waals surface area contributed by atoms with Crippen molar-refractivity contribution in [2.75, 3.05) is 0 Å². The fraction of sp³-hybridized carbons (Fsp3) is 0.113. The smallest absolute Gasteiger partial charge is 0.164 e. The standard InChI is InChI=1S/C71H58N4/c1-70(2,3)58-36-38-64-62(45-58)63-46-59(71(4,5)6)37-39-65(63)75(64)66-60(51-28-18-10-19-29-51)43-57(44-61(66)52-30-20-11-21-31-52)69-73-67(53-34-32-50(33-35-53)47-22-12-7-13-23-47)72-68(74-69)56-41-54(48-24-14-8-15-25-48)40-55(42-56)49-26-16-9-17-27-49/h7-46H,1-6H3. The first-order valence-electron chi connectivity index (χ1n) is 26.0. The molecule has 0 spiro atoms. The van der Waals surface area contributed by atoms with E-state index in [-0.39, 0.29) is 10.8 Å². The van der Waals surface area contributed by atoms with E-state index in [9.17, 15) is 0 Å². The summed E-state index contributed by atoms with van der Waals surface area (Å²) in [7, 11) is 0. The molecule has 0 aliphatic carbocycles. The van der Waals surface area contributed by atoms with Crippen molar-refractivity contribution >= 4 is 21.8 Å². The van der Waals surface area contributed by atoms with Crippen molar-refractivity contribution in [2.45, 2.75) is 52.4 Å². The van der Waals surface area contributed by atoms with Crippen LogP contribution in [0.4, 0.5) is 0 Å². The Labute approximate surface area is 440 Å². The van der Waals surface area contributed by atoms with Gasteiger partial charge in [0.1, 0.15) is 0 Å². The topological polar surface area (TPSA) is 43.6 Å². The highest BCUT2D eigenvalue weighted by Gasteiger charge is 2.26. The molecule has 0 amide bonds.